The fourth-order valence-electron chi connectivity index (χ4n) is 1.60. The van der Waals surface area contributed by atoms with Gasteiger partial charge in [0.2, 0.25) is 0 Å². The summed E-state index contributed by atoms with van der Waals surface area (Å²) in [6.45, 7) is 4.44. The highest BCUT2D eigenvalue weighted by Gasteiger charge is 2.14. The van der Waals surface area contributed by atoms with Crippen LogP contribution in [0, 0.1) is 3.57 Å². The van der Waals surface area contributed by atoms with Crippen molar-refractivity contribution in [3.63, 3.8) is 0 Å². The van der Waals surface area contributed by atoms with Gasteiger partial charge in [0, 0.05) is 35.9 Å². The maximum atomic E-state index is 4.39. The van der Waals surface area contributed by atoms with Crippen molar-refractivity contribution >= 4 is 28.4 Å². The van der Waals surface area contributed by atoms with Crippen molar-refractivity contribution in [2.24, 2.45) is 0 Å². The minimum Gasteiger partial charge on any atom is -0.354 e. The van der Waals surface area contributed by atoms with Gasteiger partial charge in [-0.15, -0.1) is 0 Å². The first kappa shape index (κ1) is 10.2. The molecule has 0 radical (unpaired) electrons. The van der Waals surface area contributed by atoms with Gasteiger partial charge in [0.15, 0.2) is 0 Å². The van der Waals surface area contributed by atoms with Gasteiger partial charge in [-0.25, -0.2) is 4.98 Å². The molecule has 14 heavy (non-hydrogen) atoms. The largest absolute Gasteiger partial charge is 0.354 e. The minimum atomic E-state index is 1.09. The van der Waals surface area contributed by atoms with Gasteiger partial charge in [-0.2, -0.15) is 0 Å². The fourth-order valence-corrected chi connectivity index (χ4v) is 2.04. The van der Waals surface area contributed by atoms with E-state index in [1.165, 1.54) is 3.57 Å². The van der Waals surface area contributed by atoms with Gasteiger partial charge >= 0.3 is 0 Å². The molecule has 0 unspecified atom stereocenters. The second-order valence-corrected chi connectivity index (χ2v) is 4.87. The lowest BCUT2D eigenvalue weighted by Crippen LogP contribution is -2.44. The van der Waals surface area contributed by atoms with Crippen LogP contribution in [-0.2, 0) is 0 Å². The lowest BCUT2D eigenvalue weighted by molar-refractivity contribution is 0.312. The van der Waals surface area contributed by atoms with Gasteiger partial charge in [0.1, 0.15) is 5.82 Å². The zero-order valence-electron chi connectivity index (χ0n) is 8.28. The van der Waals surface area contributed by atoms with Crippen molar-refractivity contribution in [3.05, 3.63) is 21.9 Å². The third-order valence-electron chi connectivity index (χ3n) is 2.53. The smallest absolute Gasteiger partial charge is 0.129 e. The number of halogens is 1. The van der Waals surface area contributed by atoms with Crippen LogP contribution in [0.5, 0.6) is 0 Å². The number of hydrogen-bond donors (Lipinski definition) is 0. The highest BCUT2D eigenvalue weighted by Crippen LogP contribution is 2.15. The van der Waals surface area contributed by atoms with Crippen molar-refractivity contribution in [1.29, 1.82) is 0 Å². The van der Waals surface area contributed by atoms with Crippen LogP contribution in [-0.4, -0.2) is 43.1 Å². The molecule has 1 saturated heterocycles. The quantitative estimate of drug-likeness (QED) is 0.732. The number of rotatable bonds is 1. The zero-order valence-corrected chi connectivity index (χ0v) is 10.4. The van der Waals surface area contributed by atoms with E-state index in [0.29, 0.717) is 0 Å². The predicted octanol–water partition coefficient (Wildman–Crippen LogP) is 1.44. The number of aromatic nitrogens is 1. The number of nitrogens with zero attached hydrogens (tertiary/aromatic N) is 3. The molecule has 0 atom stereocenters. The average molecular weight is 303 g/mol. The average Bonchev–Trinajstić information content (AvgIpc) is 2.19. The maximum Gasteiger partial charge on any atom is 0.129 e. The molecular weight excluding hydrogens is 289 g/mol. The van der Waals surface area contributed by atoms with E-state index in [2.05, 4.69) is 50.5 Å². The predicted molar refractivity (Wildman–Crippen MR) is 66.7 cm³/mol. The Labute approximate surface area is 98.3 Å². The molecule has 0 saturated carbocycles. The minimum absolute atomic E-state index is 1.09. The van der Waals surface area contributed by atoms with Crippen LogP contribution in [0.1, 0.15) is 0 Å². The summed E-state index contributed by atoms with van der Waals surface area (Å²) < 4.78 is 1.26. The van der Waals surface area contributed by atoms with E-state index in [0.717, 1.165) is 32.0 Å². The number of anilines is 1. The van der Waals surface area contributed by atoms with E-state index in [1.807, 2.05) is 12.3 Å². The van der Waals surface area contributed by atoms with E-state index >= 15 is 0 Å². The topological polar surface area (TPSA) is 19.4 Å². The Balaban J connectivity index is 2.08. The molecule has 4 heteroatoms. The molecule has 0 aliphatic carbocycles. The molecule has 2 rings (SSSR count). The van der Waals surface area contributed by atoms with E-state index in [4.69, 9.17) is 0 Å². The Morgan fingerprint density at radius 3 is 2.64 bits per heavy atom. The normalized spacial score (nSPS) is 18.6. The van der Waals surface area contributed by atoms with Gasteiger partial charge < -0.3 is 9.80 Å². The zero-order chi connectivity index (χ0) is 9.97. The third kappa shape index (κ3) is 2.36. The van der Waals surface area contributed by atoms with E-state index in [9.17, 15) is 0 Å². The maximum absolute atomic E-state index is 4.39. The van der Waals surface area contributed by atoms with Crippen LogP contribution < -0.4 is 4.90 Å². The Morgan fingerprint density at radius 2 is 2.00 bits per heavy atom. The molecule has 0 aromatic carbocycles. The summed E-state index contributed by atoms with van der Waals surface area (Å²) in [5.41, 5.74) is 0. The van der Waals surface area contributed by atoms with Gasteiger partial charge in [-0.1, -0.05) is 0 Å². The first-order valence-corrected chi connectivity index (χ1v) is 5.88. The molecule has 3 nitrogen and oxygen atoms in total. The molecule has 0 N–H and O–H groups in total. The van der Waals surface area contributed by atoms with Crippen LogP contribution >= 0.6 is 22.6 Å². The molecular formula is C10H14IN3. The standard InChI is InChI=1S/C10H14IN3/c1-13-4-6-14(7-5-13)10-8-9(11)2-3-12-10/h2-3,8H,4-7H2,1H3. The van der Waals surface area contributed by atoms with Gasteiger partial charge in [0.25, 0.3) is 0 Å². The van der Waals surface area contributed by atoms with Crippen molar-refractivity contribution in [2.45, 2.75) is 0 Å². The van der Waals surface area contributed by atoms with Gasteiger partial charge in [0.05, 0.1) is 0 Å². The Morgan fingerprint density at radius 1 is 1.29 bits per heavy atom. The number of hydrogen-bond acceptors (Lipinski definition) is 3. The summed E-state index contributed by atoms with van der Waals surface area (Å²) in [6, 6.07) is 4.17. The molecule has 0 spiro atoms. The van der Waals surface area contributed by atoms with E-state index < -0.39 is 0 Å². The summed E-state index contributed by atoms with van der Waals surface area (Å²) >= 11 is 2.33. The Kier molecular flexibility index (Phi) is 3.22. The van der Waals surface area contributed by atoms with Crippen molar-refractivity contribution in [2.75, 3.05) is 38.1 Å². The second-order valence-electron chi connectivity index (χ2n) is 3.62. The Hall–Kier alpha value is -0.360. The van der Waals surface area contributed by atoms with Gasteiger partial charge in [-0.3, -0.25) is 0 Å². The molecule has 76 valence electrons. The van der Waals surface area contributed by atoms with Crippen molar-refractivity contribution in [1.82, 2.24) is 9.88 Å². The molecule has 1 fully saturated rings. The third-order valence-corrected chi connectivity index (χ3v) is 3.21. The monoisotopic (exact) mass is 303 g/mol. The molecule has 0 bridgehead atoms. The van der Waals surface area contributed by atoms with E-state index in [-0.39, 0.29) is 0 Å². The van der Waals surface area contributed by atoms with Crippen LogP contribution in [0.3, 0.4) is 0 Å². The first-order valence-electron chi connectivity index (χ1n) is 4.81. The SMILES string of the molecule is CN1CCN(c2cc(I)ccn2)CC1. The molecule has 1 aromatic rings. The van der Waals surface area contributed by atoms with Crippen LogP contribution in [0.15, 0.2) is 18.3 Å². The van der Waals surface area contributed by atoms with Crippen LogP contribution in [0.2, 0.25) is 0 Å². The summed E-state index contributed by atoms with van der Waals surface area (Å²) in [4.78, 5) is 9.09. The summed E-state index contributed by atoms with van der Waals surface area (Å²) in [5, 5.41) is 0. The molecule has 1 aliphatic heterocycles. The number of likely N-dealkylation sites (N-methyl/N-ethyl adjacent to an activating group) is 1. The number of pyridine rings is 1. The first-order chi connectivity index (χ1) is 6.75. The highest BCUT2D eigenvalue weighted by atomic mass is 127. The molecule has 1 aliphatic rings. The lowest BCUT2D eigenvalue weighted by atomic mass is 10.3. The summed E-state index contributed by atoms with van der Waals surface area (Å²) in [7, 11) is 2.17. The molecule has 0 amide bonds. The van der Waals surface area contributed by atoms with Crippen LogP contribution in [0.4, 0.5) is 5.82 Å². The fraction of sp³-hybridized carbons (Fsp3) is 0.500. The van der Waals surface area contributed by atoms with Crippen molar-refractivity contribution < 1.29 is 0 Å². The summed E-state index contributed by atoms with van der Waals surface area (Å²) in [5.74, 6) is 1.12. The lowest BCUT2D eigenvalue weighted by Gasteiger charge is -2.33. The highest BCUT2D eigenvalue weighted by molar-refractivity contribution is 14.1. The second kappa shape index (κ2) is 4.44. The van der Waals surface area contributed by atoms with Crippen molar-refractivity contribution in [3.8, 4) is 0 Å². The van der Waals surface area contributed by atoms with E-state index in [1.54, 1.807) is 0 Å². The summed E-state index contributed by atoms with van der Waals surface area (Å²) in [6.07, 6.45) is 1.88. The van der Waals surface area contributed by atoms with Gasteiger partial charge in [-0.05, 0) is 41.8 Å². The molecule has 2 heterocycles. The Bertz CT molecular complexity index is 308. The van der Waals surface area contributed by atoms with Crippen LogP contribution in [0.25, 0.3) is 0 Å². The number of piperazine rings is 1. The molecule has 1 aromatic heterocycles.